The molecule has 2 rings (SSSR count). The minimum absolute atomic E-state index is 0.675. The Morgan fingerprint density at radius 3 is 2.64 bits per heavy atom. The van der Waals surface area contributed by atoms with Crippen molar-refractivity contribution in [3.63, 3.8) is 0 Å². The highest BCUT2D eigenvalue weighted by molar-refractivity contribution is 5.32. The summed E-state index contributed by atoms with van der Waals surface area (Å²) in [4.78, 5) is 3.76. The Morgan fingerprint density at radius 2 is 2.36 bits per heavy atom. The van der Waals surface area contributed by atoms with Gasteiger partial charge in [0.25, 0.3) is 0 Å². The Bertz CT molecular complexity index is 231. The Hall–Kier alpha value is -1.13. The third-order valence-corrected chi connectivity index (χ3v) is 1.93. The molecule has 0 aromatic carbocycles. The van der Waals surface area contributed by atoms with Crippen molar-refractivity contribution in [1.29, 1.82) is 0 Å². The number of aromatic nitrogens is 1. The van der Waals surface area contributed by atoms with E-state index in [4.69, 9.17) is 5.73 Å². The fourth-order valence-corrected chi connectivity index (χ4v) is 1.17. The maximum atomic E-state index is 5.30. The van der Waals surface area contributed by atoms with Crippen LogP contribution >= 0.6 is 0 Å². The quantitative estimate of drug-likeness (QED) is 0.553. The summed E-state index contributed by atoms with van der Waals surface area (Å²) in [5.74, 6) is 0. The monoisotopic (exact) mass is 194 g/mol. The van der Waals surface area contributed by atoms with E-state index in [1.165, 1.54) is 0 Å². The predicted molar refractivity (Wildman–Crippen MR) is 59.0 cm³/mol. The minimum Gasteiger partial charge on any atom is -0.397 e. The zero-order valence-corrected chi connectivity index (χ0v) is 8.53. The van der Waals surface area contributed by atoms with E-state index in [1.54, 1.807) is 24.5 Å². The van der Waals surface area contributed by atoms with Gasteiger partial charge in [0.05, 0.1) is 5.69 Å². The highest BCUT2D eigenvalue weighted by Crippen LogP contribution is 1.92. The molecule has 4 heteroatoms. The van der Waals surface area contributed by atoms with Crippen molar-refractivity contribution < 1.29 is 0 Å². The van der Waals surface area contributed by atoms with Gasteiger partial charge >= 0.3 is 0 Å². The number of nitrogens with one attached hydrogen (secondary N) is 2. The molecule has 1 saturated heterocycles. The van der Waals surface area contributed by atoms with E-state index >= 15 is 0 Å². The normalized spacial score (nSPS) is 20.8. The van der Waals surface area contributed by atoms with Crippen molar-refractivity contribution in [3.8, 4) is 0 Å². The first-order valence-corrected chi connectivity index (χ1v) is 4.88. The van der Waals surface area contributed by atoms with Gasteiger partial charge in [0.2, 0.25) is 0 Å². The van der Waals surface area contributed by atoms with E-state index in [-0.39, 0.29) is 0 Å². The first-order valence-electron chi connectivity index (χ1n) is 4.88. The summed E-state index contributed by atoms with van der Waals surface area (Å²) < 4.78 is 0. The predicted octanol–water partition coefficient (Wildman–Crippen LogP) is 0.232. The first-order chi connectivity index (χ1) is 6.79. The molecule has 1 aliphatic rings. The SMILES string of the molecule is CC1CNCCN1.Nc1cccnc1. The molecule has 1 atom stereocenters. The second-order valence-corrected chi connectivity index (χ2v) is 3.35. The fourth-order valence-electron chi connectivity index (χ4n) is 1.17. The van der Waals surface area contributed by atoms with Gasteiger partial charge in [0.1, 0.15) is 0 Å². The summed E-state index contributed by atoms with van der Waals surface area (Å²) in [7, 11) is 0. The lowest BCUT2D eigenvalue weighted by atomic mass is 10.3. The second kappa shape index (κ2) is 6.34. The van der Waals surface area contributed by atoms with E-state index in [0.29, 0.717) is 11.7 Å². The number of nitrogen functional groups attached to an aromatic ring is 1. The molecule has 78 valence electrons. The Labute approximate surface area is 84.9 Å². The summed E-state index contributed by atoms with van der Waals surface area (Å²) >= 11 is 0. The van der Waals surface area contributed by atoms with Crippen LogP contribution in [0.3, 0.4) is 0 Å². The van der Waals surface area contributed by atoms with Crippen LogP contribution in [0.2, 0.25) is 0 Å². The average molecular weight is 194 g/mol. The molecular formula is C10H18N4. The molecule has 0 amide bonds. The molecular weight excluding hydrogens is 176 g/mol. The van der Waals surface area contributed by atoms with E-state index < -0.39 is 0 Å². The van der Waals surface area contributed by atoms with Gasteiger partial charge in [-0.1, -0.05) is 0 Å². The molecule has 1 unspecified atom stereocenters. The van der Waals surface area contributed by atoms with E-state index in [1.807, 2.05) is 0 Å². The van der Waals surface area contributed by atoms with Crippen LogP contribution in [0, 0.1) is 0 Å². The van der Waals surface area contributed by atoms with Crippen molar-refractivity contribution in [2.75, 3.05) is 25.4 Å². The molecule has 0 aliphatic carbocycles. The zero-order valence-electron chi connectivity index (χ0n) is 8.53. The molecule has 0 saturated carbocycles. The van der Waals surface area contributed by atoms with Crippen LogP contribution in [-0.2, 0) is 0 Å². The summed E-state index contributed by atoms with van der Waals surface area (Å²) in [6.45, 7) is 5.57. The van der Waals surface area contributed by atoms with Crippen LogP contribution in [0.1, 0.15) is 6.92 Å². The number of hydrogen-bond donors (Lipinski definition) is 3. The number of anilines is 1. The largest absolute Gasteiger partial charge is 0.397 e. The first kappa shape index (κ1) is 10.9. The molecule has 1 aliphatic heterocycles. The molecule has 2 heterocycles. The Morgan fingerprint density at radius 1 is 1.50 bits per heavy atom. The number of nitrogens with two attached hydrogens (primary N) is 1. The molecule has 4 N–H and O–H groups in total. The highest BCUT2D eigenvalue weighted by atomic mass is 15.0. The average Bonchev–Trinajstić information content (AvgIpc) is 2.21. The lowest BCUT2D eigenvalue weighted by Gasteiger charge is -2.19. The van der Waals surface area contributed by atoms with E-state index in [2.05, 4.69) is 22.5 Å². The van der Waals surface area contributed by atoms with E-state index in [0.717, 1.165) is 19.6 Å². The Kier molecular flexibility index (Phi) is 4.96. The van der Waals surface area contributed by atoms with Crippen LogP contribution in [0.15, 0.2) is 24.5 Å². The maximum absolute atomic E-state index is 5.30. The van der Waals surface area contributed by atoms with Crippen LogP contribution in [0.4, 0.5) is 5.69 Å². The molecule has 1 aromatic rings. The number of rotatable bonds is 0. The Balaban J connectivity index is 0.000000140. The van der Waals surface area contributed by atoms with Gasteiger partial charge in [0, 0.05) is 38.1 Å². The summed E-state index contributed by atoms with van der Waals surface area (Å²) in [5.41, 5.74) is 6.01. The standard InChI is InChI=1S/C5H12N2.C5H6N2/c1-5-4-6-2-3-7-5;6-5-2-1-3-7-4-5/h5-7H,2-4H2,1H3;1-4H,6H2. The van der Waals surface area contributed by atoms with Gasteiger partial charge in [-0.3, -0.25) is 4.98 Å². The topological polar surface area (TPSA) is 63.0 Å². The van der Waals surface area contributed by atoms with Gasteiger partial charge in [-0.2, -0.15) is 0 Å². The minimum atomic E-state index is 0.675. The van der Waals surface area contributed by atoms with Gasteiger partial charge in [0.15, 0.2) is 0 Å². The van der Waals surface area contributed by atoms with Crippen molar-refractivity contribution in [3.05, 3.63) is 24.5 Å². The van der Waals surface area contributed by atoms with Crippen LogP contribution < -0.4 is 16.4 Å². The molecule has 1 fully saturated rings. The van der Waals surface area contributed by atoms with Crippen LogP contribution in [0.5, 0.6) is 0 Å². The maximum Gasteiger partial charge on any atom is 0.0500 e. The number of nitrogens with zero attached hydrogens (tertiary/aromatic N) is 1. The van der Waals surface area contributed by atoms with Crippen molar-refractivity contribution in [2.45, 2.75) is 13.0 Å². The molecule has 14 heavy (non-hydrogen) atoms. The molecule has 4 nitrogen and oxygen atoms in total. The molecule has 1 aromatic heterocycles. The summed E-state index contributed by atoms with van der Waals surface area (Å²) in [6, 6.07) is 4.27. The zero-order chi connectivity index (χ0) is 10.2. The highest BCUT2D eigenvalue weighted by Gasteiger charge is 2.03. The van der Waals surface area contributed by atoms with Crippen LogP contribution in [-0.4, -0.2) is 30.7 Å². The lowest BCUT2D eigenvalue weighted by molar-refractivity contribution is 0.442. The van der Waals surface area contributed by atoms with Gasteiger partial charge < -0.3 is 16.4 Å². The van der Waals surface area contributed by atoms with Crippen molar-refractivity contribution in [1.82, 2.24) is 15.6 Å². The lowest BCUT2D eigenvalue weighted by Crippen LogP contribution is -2.46. The van der Waals surface area contributed by atoms with Crippen LogP contribution in [0.25, 0.3) is 0 Å². The number of piperazine rings is 1. The molecule has 0 radical (unpaired) electrons. The van der Waals surface area contributed by atoms with Gasteiger partial charge in [-0.25, -0.2) is 0 Å². The van der Waals surface area contributed by atoms with Crippen molar-refractivity contribution >= 4 is 5.69 Å². The van der Waals surface area contributed by atoms with Crippen molar-refractivity contribution in [2.24, 2.45) is 0 Å². The summed E-state index contributed by atoms with van der Waals surface area (Å²) in [5, 5.41) is 6.59. The second-order valence-electron chi connectivity index (χ2n) is 3.35. The molecule has 0 spiro atoms. The van der Waals surface area contributed by atoms with E-state index in [9.17, 15) is 0 Å². The third-order valence-electron chi connectivity index (χ3n) is 1.93. The smallest absolute Gasteiger partial charge is 0.0500 e. The number of hydrogen-bond acceptors (Lipinski definition) is 4. The summed E-state index contributed by atoms with van der Waals surface area (Å²) in [6.07, 6.45) is 3.30. The fraction of sp³-hybridized carbons (Fsp3) is 0.500. The number of pyridine rings is 1. The van der Waals surface area contributed by atoms with Gasteiger partial charge in [-0.15, -0.1) is 0 Å². The third kappa shape index (κ3) is 4.79. The molecule has 0 bridgehead atoms. The van der Waals surface area contributed by atoms with Gasteiger partial charge in [-0.05, 0) is 19.1 Å².